The number of likely N-dealkylation sites (tertiary alicyclic amines) is 1. The second-order valence-corrected chi connectivity index (χ2v) is 8.09. The quantitative estimate of drug-likeness (QED) is 0.692. The second-order valence-electron chi connectivity index (χ2n) is 8.09. The largest absolute Gasteiger partial charge is 0.338 e. The fraction of sp³-hybridized carbons (Fsp3) is 0.292. The molecule has 1 aliphatic heterocycles. The lowest BCUT2D eigenvalue weighted by Gasteiger charge is -2.16. The molecule has 7 heteroatoms. The Labute approximate surface area is 180 Å². The number of nitrogens with zero attached hydrogens (tertiary/aromatic N) is 3. The normalized spacial score (nSPS) is 16.0. The van der Waals surface area contributed by atoms with Crippen molar-refractivity contribution in [3.8, 4) is 5.69 Å². The summed E-state index contributed by atoms with van der Waals surface area (Å²) in [5.41, 5.74) is 3.53. The van der Waals surface area contributed by atoms with E-state index in [1.165, 1.54) is 4.68 Å². The molecule has 0 unspecified atom stereocenters. The molecule has 0 spiro atoms. The van der Waals surface area contributed by atoms with Crippen LogP contribution in [-0.2, 0) is 23.2 Å². The number of para-hydroxylation sites is 1. The van der Waals surface area contributed by atoms with Gasteiger partial charge in [-0.2, -0.15) is 0 Å². The average Bonchev–Trinajstić information content (AvgIpc) is 3.23. The number of rotatable bonds is 5. The Morgan fingerprint density at radius 3 is 2.39 bits per heavy atom. The van der Waals surface area contributed by atoms with E-state index in [0.29, 0.717) is 18.8 Å². The van der Waals surface area contributed by atoms with Crippen LogP contribution in [0.4, 0.5) is 5.69 Å². The minimum Gasteiger partial charge on any atom is -0.338 e. The van der Waals surface area contributed by atoms with Crippen LogP contribution in [-0.4, -0.2) is 32.6 Å². The molecule has 2 heterocycles. The van der Waals surface area contributed by atoms with Crippen molar-refractivity contribution in [2.45, 2.75) is 26.8 Å². The molecule has 31 heavy (non-hydrogen) atoms. The van der Waals surface area contributed by atoms with Crippen LogP contribution >= 0.6 is 0 Å². The van der Waals surface area contributed by atoms with Gasteiger partial charge in [0.05, 0.1) is 17.3 Å². The molecule has 1 atom stereocenters. The minimum atomic E-state index is -0.484. The van der Waals surface area contributed by atoms with Crippen molar-refractivity contribution in [1.82, 2.24) is 14.3 Å². The van der Waals surface area contributed by atoms with E-state index in [-0.39, 0.29) is 29.5 Å². The monoisotopic (exact) mass is 418 g/mol. The second kappa shape index (κ2) is 8.26. The van der Waals surface area contributed by atoms with Gasteiger partial charge in [0, 0.05) is 26.6 Å². The van der Waals surface area contributed by atoms with Crippen molar-refractivity contribution in [2.24, 2.45) is 13.0 Å². The van der Waals surface area contributed by atoms with Crippen molar-refractivity contribution in [2.75, 3.05) is 11.9 Å². The molecule has 0 radical (unpaired) electrons. The summed E-state index contributed by atoms with van der Waals surface area (Å²) in [5.74, 6) is -0.833. The third-order valence-electron chi connectivity index (χ3n) is 5.88. The number of anilines is 1. The minimum absolute atomic E-state index is 0.0489. The first-order valence-corrected chi connectivity index (χ1v) is 10.3. The molecule has 7 nitrogen and oxygen atoms in total. The number of aryl methyl sites for hydroxylation is 1. The molecule has 0 aliphatic carbocycles. The highest BCUT2D eigenvalue weighted by molar-refractivity contribution is 5.97. The van der Waals surface area contributed by atoms with Crippen LogP contribution in [0.25, 0.3) is 5.69 Å². The fourth-order valence-electron chi connectivity index (χ4n) is 3.95. The molecule has 1 fully saturated rings. The molecule has 1 aromatic heterocycles. The summed E-state index contributed by atoms with van der Waals surface area (Å²) in [5, 5.41) is 2.79. The summed E-state index contributed by atoms with van der Waals surface area (Å²) < 4.78 is 3.24. The molecule has 1 N–H and O–H groups in total. The van der Waals surface area contributed by atoms with Gasteiger partial charge >= 0.3 is 0 Å². The van der Waals surface area contributed by atoms with Crippen LogP contribution in [0.1, 0.15) is 23.2 Å². The highest BCUT2D eigenvalue weighted by atomic mass is 16.2. The van der Waals surface area contributed by atoms with Gasteiger partial charge in [0.15, 0.2) is 0 Å². The summed E-state index contributed by atoms with van der Waals surface area (Å²) in [6.45, 7) is 4.63. The molecular weight excluding hydrogens is 392 g/mol. The van der Waals surface area contributed by atoms with E-state index >= 15 is 0 Å². The number of amides is 2. The third-order valence-corrected chi connectivity index (χ3v) is 5.88. The first-order chi connectivity index (χ1) is 14.8. The maximum atomic E-state index is 13.0. The highest BCUT2D eigenvalue weighted by Gasteiger charge is 2.35. The number of hydrogen-bond donors (Lipinski definition) is 1. The Bertz CT molecular complexity index is 1180. The Morgan fingerprint density at radius 2 is 1.71 bits per heavy atom. The van der Waals surface area contributed by atoms with Gasteiger partial charge < -0.3 is 10.2 Å². The van der Waals surface area contributed by atoms with Gasteiger partial charge in [0.25, 0.3) is 5.56 Å². The van der Waals surface area contributed by atoms with E-state index in [1.54, 1.807) is 23.6 Å². The van der Waals surface area contributed by atoms with E-state index in [2.05, 4.69) is 5.32 Å². The lowest BCUT2D eigenvalue weighted by molar-refractivity contribution is -0.128. The van der Waals surface area contributed by atoms with E-state index in [4.69, 9.17) is 0 Å². The Balaban J connectivity index is 1.49. The smallest absolute Gasteiger partial charge is 0.295 e. The van der Waals surface area contributed by atoms with Crippen LogP contribution in [0.15, 0.2) is 59.4 Å². The van der Waals surface area contributed by atoms with Gasteiger partial charge in [0.2, 0.25) is 11.8 Å². The van der Waals surface area contributed by atoms with Gasteiger partial charge in [-0.1, -0.05) is 48.0 Å². The zero-order valence-electron chi connectivity index (χ0n) is 18.0. The number of benzene rings is 2. The predicted molar refractivity (Wildman–Crippen MR) is 119 cm³/mol. The van der Waals surface area contributed by atoms with E-state index in [1.807, 2.05) is 61.5 Å². The van der Waals surface area contributed by atoms with Crippen molar-refractivity contribution >= 4 is 17.5 Å². The number of carbonyl (C=O) groups is 2. The van der Waals surface area contributed by atoms with Gasteiger partial charge in [-0.15, -0.1) is 0 Å². The third kappa shape index (κ3) is 4.03. The molecule has 0 saturated carbocycles. The number of carbonyl (C=O) groups excluding carboxylic acids is 2. The molecular formula is C24H26N4O3. The van der Waals surface area contributed by atoms with Crippen LogP contribution in [0.3, 0.4) is 0 Å². The van der Waals surface area contributed by atoms with Crippen LogP contribution in [0, 0.1) is 19.8 Å². The van der Waals surface area contributed by atoms with Gasteiger partial charge in [-0.3, -0.25) is 19.1 Å². The zero-order chi connectivity index (χ0) is 22.1. The number of nitrogens with one attached hydrogen (secondary N) is 1. The van der Waals surface area contributed by atoms with Crippen molar-refractivity contribution in [3.05, 3.63) is 81.8 Å². The zero-order valence-corrected chi connectivity index (χ0v) is 18.0. The van der Waals surface area contributed by atoms with Crippen molar-refractivity contribution in [1.29, 1.82) is 0 Å². The van der Waals surface area contributed by atoms with Gasteiger partial charge in [0.1, 0.15) is 5.69 Å². The van der Waals surface area contributed by atoms with Crippen LogP contribution < -0.4 is 10.9 Å². The van der Waals surface area contributed by atoms with Crippen molar-refractivity contribution in [3.63, 3.8) is 0 Å². The number of aromatic nitrogens is 2. The van der Waals surface area contributed by atoms with Crippen molar-refractivity contribution < 1.29 is 9.59 Å². The van der Waals surface area contributed by atoms with E-state index in [9.17, 15) is 14.4 Å². The molecule has 2 amide bonds. The van der Waals surface area contributed by atoms with Crippen LogP contribution in [0.5, 0.6) is 0 Å². The molecule has 1 aliphatic rings. The molecule has 3 aromatic rings. The maximum absolute atomic E-state index is 13.0. The Kier molecular flexibility index (Phi) is 5.50. The summed E-state index contributed by atoms with van der Waals surface area (Å²) in [6, 6.07) is 17.3. The summed E-state index contributed by atoms with van der Waals surface area (Å²) in [6.07, 6.45) is 0.149. The Morgan fingerprint density at radius 1 is 1.03 bits per heavy atom. The van der Waals surface area contributed by atoms with E-state index < -0.39 is 5.92 Å². The SMILES string of the molecule is Cc1ccc(CN2C[C@@H](C(=O)Nc3c(C)n(C)n(-c4ccccc4)c3=O)CC2=O)cc1. The predicted octanol–water partition coefficient (Wildman–Crippen LogP) is 2.78. The highest BCUT2D eigenvalue weighted by Crippen LogP contribution is 2.23. The average molecular weight is 418 g/mol. The topological polar surface area (TPSA) is 76.3 Å². The molecule has 0 bridgehead atoms. The van der Waals surface area contributed by atoms with Gasteiger partial charge in [-0.05, 0) is 31.5 Å². The molecule has 1 saturated heterocycles. The standard InChI is InChI=1S/C24H26N4O3/c1-16-9-11-18(12-10-16)14-27-15-19(13-21(27)29)23(30)25-22-17(2)26(3)28(24(22)31)20-7-5-4-6-8-20/h4-12,19H,13-15H2,1-3H3,(H,25,30)/t19-/m0/s1. The summed E-state index contributed by atoms with van der Waals surface area (Å²) >= 11 is 0. The first kappa shape index (κ1) is 20.7. The van der Waals surface area contributed by atoms with Gasteiger partial charge in [-0.25, -0.2) is 4.68 Å². The molecule has 160 valence electrons. The molecule has 4 rings (SSSR count). The van der Waals surface area contributed by atoms with Crippen LogP contribution in [0.2, 0.25) is 0 Å². The summed E-state index contributed by atoms with van der Waals surface area (Å²) in [7, 11) is 1.78. The molecule has 2 aromatic carbocycles. The Hall–Kier alpha value is -3.61. The summed E-state index contributed by atoms with van der Waals surface area (Å²) in [4.78, 5) is 40.1. The number of hydrogen-bond acceptors (Lipinski definition) is 3. The lowest BCUT2D eigenvalue weighted by atomic mass is 10.1. The maximum Gasteiger partial charge on any atom is 0.295 e. The first-order valence-electron chi connectivity index (χ1n) is 10.3. The van der Waals surface area contributed by atoms with E-state index in [0.717, 1.165) is 16.8 Å². The fourth-order valence-corrected chi connectivity index (χ4v) is 3.95. The lowest BCUT2D eigenvalue weighted by Crippen LogP contribution is -2.29.